The van der Waals surface area contributed by atoms with E-state index >= 15 is 0 Å². The fourth-order valence-corrected chi connectivity index (χ4v) is 2.62. The average molecular weight is 344 g/mol. The lowest BCUT2D eigenvalue weighted by molar-refractivity contribution is -0.278. The van der Waals surface area contributed by atoms with Crippen LogP contribution in [0.25, 0.3) is 0 Å². The highest BCUT2D eigenvalue weighted by Gasteiger charge is 2.50. The van der Waals surface area contributed by atoms with Gasteiger partial charge in [-0.25, -0.2) is 0 Å². The Labute approximate surface area is 141 Å². The van der Waals surface area contributed by atoms with Gasteiger partial charge in [0.05, 0.1) is 5.92 Å². The minimum atomic E-state index is -0.959. The van der Waals surface area contributed by atoms with Crippen molar-refractivity contribution in [3.8, 4) is 0 Å². The van der Waals surface area contributed by atoms with Crippen molar-refractivity contribution in [2.24, 2.45) is 5.92 Å². The lowest BCUT2D eigenvalue weighted by atomic mass is 9.86. The van der Waals surface area contributed by atoms with Crippen LogP contribution in [0.1, 0.15) is 27.7 Å². The van der Waals surface area contributed by atoms with Crippen molar-refractivity contribution >= 4 is 17.9 Å². The van der Waals surface area contributed by atoms with Crippen LogP contribution in [0.5, 0.6) is 0 Å². The van der Waals surface area contributed by atoms with Gasteiger partial charge in [0.15, 0.2) is 18.5 Å². The van der Waals surface area contributed by atoms with Crippen LogP contribution in [0, 0.1) is 5.92 Å². The number of carbonyl (C=O) groups excluding carboxylic acids is 3. The summed E-state index contributed by atoms with van der Waals surface area (Å²) in [6, 6.07) is 0. The van der Waals surface area contributed by atoms with E-state index in [2.05, 4.69) is 6.58 Å². The highest BCUT2D eigenvalue weighted by Crippen LogP contribution is 2.35. The molecule has 0 saturated carbocycles. The Hall–Kier alpha value is -1.93. The van der Waals surface area contributed by atoms with Crippen LogP contribution in [0.15, 0.2) is 12.2 Å². The van der Waals surface area contributed by atoms with Crippen molar-refractivity contribution in [1.29, 1.82) is 0 Å². The van der Waals surface area contributed by atoms with E-state index < -0.39 is 48.4 Å². The number of ether oxygens (including phenoxy) is 5. The van der Waals surface area contributed by atoms with E-state index in [0.29, 0.717) is 5.57 Å². The molecule has 0 amide bonds. The number of hydrogen-bond donors (Lipinski definition) is 0. The minimum absolute atomic E-state index is 0.173. The molecule has 0 spiro atoms. The van der Waals surface area contributed by atoms with Crippen molar-refractivity contribution < 1.29 is 38.1 Å². The van der Waals surface area contributed by atoms with Crippen LogP contribution in [0.3, 0.4) is 0 Å². The topological polar surface area (TPSA) is 97.4 Å². The molecule has 8 heteroatoms. The number of hydrogen-bond acceptors (Lipinski definition) is 8. The maximum Gasteiger partial charge on any atom is 0.303 e. The van der Waals surface area contributed by atoms with Crippen LogP contribution in [0.4, 0.5) is 0 Å². The summed E-state index contributed by atoms with van der Waals surface area (Å²) in [5.74, 6) is -2.19. The van der Waals surface area contributed by atoms with Gasteiger partial charge in [0, 0.05) is 27.9 Å². The average Bonchev–Trinajstić information content (AvgIpc) is 2.45. The van der Waals surface area contributed by atoms with Gasteiger partial charge >= 0.3 is 17.9 Å². The first-order valence-electron chi connectivity index (χ1n) is 7.48. The summed E-state index contributed by atoms with van der Waals surface area (Å²) in [5.41, 5.74) is 0.635. The molecular weight excluding hydrogens is 320 g/mol. The van der Waals surface area contributed by atoms with Gasteiger partial charge < -0.3 is 23.7 Å². The van der Waals surface area contributed by atoms with Crippen LogP contribution in [-0.4, -0.2) is 56.2 Å². The number of esters is 3. The summed E-state index contributed by atoms with van der Waals surface area (Å²) in [6.07, 6.45) is -3.47. The number of methoxy groups -OCH3 is 1. The van der Waals surface area contributed by atoms with Gasteiger partial charge in [0.2, 0.25) is 0 Å². The molecule has 1 rings (SSSR count). The second-order valence-corrected chi connectivity index (χ2v) is 5.60. The largest absolute Gasteiger partial charge is 0.463 e. The highest BCUT2D eigenvalue weighted by molar-refractivity contribution is 5.68. The molecule has 1 heterocycles. The Bertz CT molecular complexity index is 500. The van der Waals surface area contributed by atoms with E-state index in [0.717, 1.165) is 0 Å². The summed E-state index contributed by atoms with van der Waals surface area (Å²) in [5, 5.41) is 0. The molecule has 1 fully saturated rings. The van der Waals surface area contributed by atoms with Gasteiger partial charge in [-0.2, -0.15) is 0 Å². The predicted octanol–water partition coefficient (Wildman–Crippen LogP) is 0.976. The van der Waals surface area contributed by atoms with E-state index in [-0.39, 0.29) is 6.61 Å². The standard InChI is InChI=1S/C16H24O8/c1-8(2)13-15(23-11(5)19)14(22-10(4)18)12(7-21-9(3)17)24-16(13)20-6/h12-16H,1,7H2,2-6H3. The summed E-state index contributed by atoms with van der Waals surface area (Å²) >= 11 is 0. The van der Waals surface area contributed by atoms with Gasteiger partial charge in [-0.05, 0) is 6.92 Å². The molecule has 136 valence electrons. The van der Waals surface area contributed by atoms with Crippen molar-refractivity contribution in [2.75, 3.05) is 13.7 Å². The molecular formula is C16H24O8. The van der Waals surface area contributed by atoms with Gasteiger partial charge in [-0.1, -0.05) is 12.2 Å². The molecule has 0 radical (unpaired) electrons. The Morgan fingerprint density at radius 1 is 0.958 bits per heavy atom. The maximum atomic E-state index is 11.5. The van der Waals surface area contributed by atoms with Crippen LogP contribution in [-0.2, 0) is 38.1 Å². The molecule has 0 aromatic rings. The zero-order valence-electron chi connectivity index (χ0n) is 14.6. The zero-order valence-corrected chi connectivity index (χ0v) is 14.6. The van der Waals surface area contributed by atoms with E-state index in [1.807, 2.05) is 0 Å². The van der Waals surface area contributed by atoms with Crippen LogP contribution < -0.4 is 0 Å². The summed E-state index contributed by atoms with van der Waals surface area (Å²) < 4.78 is 26.7. The Kier molecular flexibility index (Phi) is 7.37. The molecule has 0 N–H and O–H groups in total. The predicted molar refractivity (Wildman–Crippen MR) is 81.7 cm³/mol. The fraction of sp³-hybridized carbons (Fsp3) is 0.688. The Morgan fingerprint density at radius 2 is 1.50 bits per heavy atom. The molecule has 1 aliphatic heterocycles. The first-order valence-corrected chi connectivity index (χ1v) is 7.48. The minimum Gasteiger partial charge on any atom is -0.463 e. The van der Waals surface area contributed by atoms with E-state index in [1.54, 1.807) is 6.92 Å². The summed E-state index contributed by atoms with van der Waals surface area (Å²) in [6.45, 7) is 9.15. The molecule has 5 unspecified atom stereocenters. The molecule has 1 saturated heterocycles. The quantitative estimate of drug-likeness (QED) is 0.399. The van der Waals surface area contributed by atoms with Gasteiger partial charge in [-0.3, -0.25) is 14.4 Å². The molecule has 0 aromatic heterocycles. The van der Waals surface area contributed by atoms with Crippen LogP contribution >= 0.6 is 0 Å². The number of rotatable bonds is 6. The normalized spacial score (nSPS) is 29.5. The molecule has 0 aromatic carbocycles. The SMILES string of the molecule is C=C(C)C1C(OC)OC(COC(C)=O)C(OC(C)=O)C1OC(C)=O. The third-order valence-electron chi connectivity index (χ3n) is 3.50. The molecule has 24 heavy (non-hydrogen) atoms. The molecule has 8 nitrogen and oxygen atoms in total. The smallest absolute Gasteiger partial charge is 0.303 e. The van der Waals surface area contributed by atoms with E-state index in [1.165, 1.54) is 27.9 Å². The number of carbonyl (C=O) groups is 3. The second-order valence-electron chi connectivity index (χ2n) is 5.60. The monoisotopic (exact) mass is 344 g/mol. The van der Waals surface area contributed by atoms with Crippen molar-refractivity contribution in [2.45, 2.75) is 52.3 Å². The Morgan fingerprint density at radius 3 is 1.92 bits per heavy atom. The third-order valence-corrected chi connectivity index (χ3v) is 3.50. The lowest BCUT2D eigenvalue weighted by Crippen LogP contribution is -2.59. The molecule has 5 atom stereocenters. The van der Waals surface area contributed by atoms with Gasteiger partial charge in [0.1, 0.15) is 12.7 Å². The maximum absolute atomic E-state index is 11.5. The van der Waals surface area contributed by atoms with Gasteiger partial charge in [-0.15, -0.1) is 0 Å². The van der Waals surface area contributed by atoms with Crippen molar-refractivity contribution in [1.82, 2.24) is 0 Å². The lowest BCUT2D eigenvalue weighted by Gasteiger charge is -2.44. The van der Waals surface area contributed by atoms with Crippen LogP contribution in [0.2, 0.25) is 0 Å². The molecule has 0 bridgehead atoms. The first-order chi connectivity index (χ1) is 11.2. The molecule has 0 aliphatic carbocycles. The second kappa shape index (κ2) is 8.79. The first kappa shape index (κ1) is 20.1. The molecule has 1 aliphatic rings. The van der Waals surface area contributed by atoms with Crippen molar-refractivity contribution in [3.63, 3.8) is 0 Å². The highest BCUT2D eigenvalue weighted by atomic mass is 16.7. The fourth-order valence-electron chi connectivity index (χ4n) is 2.62. The Balaban J connectivity index is 3.19. The summed E-state index contributed by atoms with van der Waals surface area (Å²) in [4.78, 5) is 34.1. The van der Waals surface area contributed by atoms with E-state index in [9.17, 15) is 14.4 Å². The summed E-state index contributed by atoms with van der Waals surface area (Å²) in [7, 11) is 1.43. The van der Waals surface area contributed by atoms with Gasteiger partial charge in [0.25, 0.3) is 0 Å². The third kappa shape index (κ3) is 5.31. The van der Waals surface area contributed by atoms with Crippen molar-refractivity contribution in [3.05, 3.63) is 12.2 Å². The van der Waals surface area contributed by atoms with E-state index in [4.69, 9.17) is 23.7 Å². The zero-order chi connectivity index (χ0) is 18.4.